The van der Waals surface area contributed by atoms with E-state index in [2.05, 4.69) is 20.2 Å². The Kier molecular flexibility index (Phi) is 6.26. The highest BCUT2D eigenvalue weighted by Gasteiger charge is 2.33. The number of methoxy groups -OCH3 is 1. The molecule has 0 atom stereocenters. The van der Waals surface area contributed by atoms with Crippen LogP contribution in [0, 0.1) is 0 Å². The maximum absolute atomic E-state index is 12.5. The summed E-state index contributed by atoms with van der Waals surface area (Å²) in [6.07, 6.45) is 2.86. The molecule has 162 valence electrons. The van der Waals surface area contributed by atoms with Crippen molar-refractivity contribution in [3.63, 3.8) is 0 Å². The second-order valence-electron chi connectivity index (χ2n) is 7.88. The first-order valence-electron chi connectivity index (χ1n) is 10.3. The largest absolute Gasteiger partial charge is 0.481 e. The molecule has 10 heteroatoms. The zero-order chi connectivity index (χ0) is 21.0. The van der Waals surface area contributed by atoms with Crippen molar-refractivity contribution in [3.05, 3.63) is 35.8 Å². The van der Waals surface area contributed by atoms with Crippen LogP contribution in [0.25, 0.3) is 0 Å². The van der Waals surface area contributed by atoms with E-state index in [1.807, 2.05) is 18.2 Å². The van der Waals surface area contributed by atoms with Gasteiger partial charge in [-0.05, 0) is 18.9 Å². The van der Waals surface area contributed by atoms with Crippen molar-refractivity contribution in [2.45, 2.75) is 31.5 Å². The first-order chi connectivity index (χ1) is 14.5. The van der Waals surface area contributed by atoms with Crippen LogP contribution < -0.4 is 4.74 Å². The molecule has 2 aromatic rings. The number of piperidine rings is 1. The SMILES string of the molecule is COc1cccc(CN2CCC(O)(Cn3cc(C(=O)N4CCOCC4)nn3)CC2)n1. The molecule has 4 heterocycles. The third-order valence-electron chi connectivity index (χ3n) is 5.68. The highest BCUT2D eigenvalue weighted by Crippen LogP contribution is 2.25. The maximum atomic E-state index is 12.5. The van der Waals surface area contributed by atoms with Gasteiger partial charge in [-0.25, -0.2) is 9.67 Å². The molecule has 0 spiro atoms. The van der Waals surface area contributed by atoms with Crippen LogP contribution >= 0.6 is 0 Å². The van der Waals surface area contributed by atoms with Gasteiger partial charge in [-0.1, -0.05) is 11.3 Å². The number of aliphatic hydroxyl groups is 1. The van der Waals surface area contributed by atoms with E-state index in [1.165, 1.54) is 0 Å². The minimum Gasteiger partial charge on any atom is -0.481 e. The van der Waals surface area contributed by atoms with E-state index in [0.717, 1.165) is 25.3 Å². The lowest BCUT2D eigenvalue weighted by Gasteiger charge is -2.37. The first kappa shape index (κ1) is 20.7. The lowest BCUT2D eigenvalue weighted by atomic mass is 9.91. The summed E-state index contributed by atoms with van der Waals surface area (Å²) in [6, 6.07) is 5.74. The van der Waals surface area contributed by atoms with Crippen molar-refractivity contribution in [3.8, 4) is 5.88 Å². The molecule has 10 nitrogen and oxygen atoms in total. The third-order valence-corrected chi connectivity index (χ3v) is 5.68. The van der Waals surface area contributed by atoms with Crippen LogP contribution in [0.5, 0.6) is 5.88 Å². The number of amides is 1. The van der Waals surface area contributed by atoms with E-state index in [-0.39, 0.29) is 5.91 Å². The highest BCUT2D eigenvalue weighted by molar-refractivity contribution is 5.91. The standard InChI is InChI=1S/C20H28N6O4/c1-29-18-4-2-3-16(21-18)13-24-7-5-20(28,6-8-24)15-26-14-17(22-23-26)19(27)25-9-11-30-12-10-25/h2-4,14,28H,5-13,15H2,1H3. The summed E-state index contributed by atoms with van der Waals surface area (Å²) in [6.45, 7) is 4.76. The van der Waals surface area contributed by atoms with Gasteiger partial charge in [-0.3, -0.25) is 9.69 Å². The second kappa shape index (κ2) is 9.07. The van der Waals surface area contributed by atoms with Gasteiger partial charge in [0.2, 0.25) is 5.88 Å². The molecule has 0 unspecified atom stereocenters. The Bertz CT molecular complexity index is 858. The summed E-state index contributed by atoms with van der Waals surface area (Å²) < 4.78 is 12.0. The molecule has 30 heavy (non-hydrogen) atoms. The van der Waals surface area contributed by atoms with Crippen LogP contribution in [0.2, 0.25) is 0 Å². The topological polar surface area (TPSA) is 106 Å². The van der Waals surface area contributed by atoms with Gasteiger partial charge in [-0.2, -0.15) is 0 Å². The van der Waals surface area contributed by atoms with Gasteiger partial charge < -0.3 is 19.5 Å². The molecule has 2 saturated heterocycles. The Morgan fingerprint density at radius 2 is 2.00 bits per heavy atom. The van der Waals surface area contributed by atoms with Crippen LogP contribution in [0.3, 0.4) is 0 Å². The molecular weight excluding hydrogens is 388 g/mol. The van der Waals surface area contributed by atoms with Gasteiger partial charge in [0.25, 0.3) is 5.91 Å². The fraction of sp³-hybridized carbons (Fsp3) is 0.600. The quantitative estimate of drug-likeness (QED) is 0.711. The lowest BCUT2D eigenvalue weighted by Crippen LogP contribution is -2.46. The number of ether oxygens (including phenoxy) is 2. The van der Waals surface area contributed by atoms with Gasteiger partial charge in [0.05, 0.1) is 44.4 Å². The van der Waals surface area contributed by atoms with Crippen molar-refractivity contribution in [2.75, 3.05) is 46.5 Å². The molecule has 1 amide bonds. The zero-order valence-electron chi connectivity index (χ0n) is 17.2. The van der Waals surface area contributed by atoms with Crippen molar-refractivity contribution < 1.29 is 19.4 Å². The number of morpholine rings is 1. The fourth-order valence-corrected chi connectivity index (χ4v) is 3.88. The molecule has 1 N–H and O–H groups in total. The minimum absolute atomic E-state index is 0.142. The van der Waals surface area contributed by atoms with E-state index in [9.17, 15) is 9.90 Å². The predicted molar refractivity (Wildman–Crippen MR) is 107 cm³/mol. The summed E-state index contributed by atoms with van der Waals surface area (Å²) in [5.41, 5.74) is 0.384. The Hall–Kier alpha value is -2.56. The number of aromatic nitrogens is 4. The van der Waals surface area contributed by atoms with Crippen molar-refractivity contribution >= 4 is 5.91 Å². The molecule has 2 aliphatic heterocycles. The molecule has 0 radical (unpaired) electrons. The van der Waals surface area contributed by atoms with Crippen molar-refractivity contribution in [1.82, 2.24) is 29.8 Å². The van der Waals surface area contributed by atoms with Crippen molar-refractivity contribution in [2.24, 2.45) is 0 Å². The molecular formula is C20H28N6O4. The number of pyridine rings is 1. The molecule has 0 bridgehead atoms. The fourth-order valence-electron chi connectivity index (χ4n) is 3.88. The van der Waals surface area contributed by atoms with Crippen LogP contribution in [0.1, 0.15) is 29.0 Å². The smallest absolute Gasteiger partial charge is 0.276 e. The van der Waals surface area contributed by atoms with E-state index in [0.29, 0.717) is 57.3 Å². The molecule has 0 saturated carbocycles. The maximum Gasteiger partial charge on any atom is 0.276 e. The molecule has 2 aliphatic rings. The number of likely N-dealkylation sites (tertiary alicyclic amines) is 1. The summed E-state index contributed by atoms with van der Waals surface area (Å²) >= 11 is 0. The first-order valence-corrected chi connectivity index (χ1v) is 10.3. The van der Waals surface area contributed by atoms with Crippen LogP contribution in [0.4, 0.5) is 0 Å². The summed E-state index contributed by atoms with van der Waals surface area (Å²) in [5, 5.41) is 19.1. The Morgan fingerprint density at radius 3 is 2.73 bits per heavy atom. The van der Waals surface area contributed by atoms with Crippen LogP contribution in [-0.4, -0.2) is 92.9 Å². The number of hydrogen-bond donors (Lipinski definition) is 1. The second-order valence-corrected chi connectivity index (χ2v) is 7.88. The monoisotopic (exact) mass is 416 g/mol. The Labute approximate surface area is 175 Å². The normalized spacial score (nSPS) is 19.6. The van der Waals surface area contributed by atoms with Crippen molar-refractivity contribution in [1.29, 1.82) is 0 Å². The average molecular weight is 416 g/mol. The number of carbonyl (C=O) groups is 1. The number of nitrogens with zero attached hydrogens (tertiary/aromatic N) is 6. The summed E-state index contributed by atoms with van der Waals surface area (Å²) in [4.78, 5) is 21.0. The number of carbonyl (C=O) groups excluding carboxylic acids is 1. The molecule has 0 aromatic carbocycles. The average Bonchev–Trinajstić information content (AvgIpc) is 3.23. The van der Waals surface area contributed by atoms with Crippen LogP contribution in [-0.2, 0) is 17.8 Å². The highest BCUT2D eigenvalue weighted by atomic mass is 16.5. The van der Waals surface area contributed by atoms with Gasteiger partial charge in [-0.15, -0.1) is 5.10 Å². The Balaban J connectivity index is 1.30. The van der Waals surface area contributed by atoms with Gasteiger partial charge >= 0.3 is 0 Å². The van der Waals surface area contributed by atoms with Crippen LogP contribution in [0.15, 0.2) is 24.4 Å². The molecule has 2 fully saturated rings. The molecule has 4 rings (SSSR count). The third kappa shape index (κ3) is 4.94. The Morgan fingerprint density at radius 1 is 1.23 bits per heavy atom. The van der Waals surface area contributed by atoms with E-state index in [4.69, 9.17) is 9.47 Å². The molecule has 2 aromatic heterocycles. The number of rotatable bonds is 6. The zero-order valence-corrected chi connectivity index (χ0v) is 17.2. The van der Waals surface area contributed by atoms with Gasteiger partial charge in [0, 0.05) is 38.8 Å². The van der Waals surface area contributed by atoms with E-state index in [1.54, 1.807) is 22.9 Å². The van der Waals surface area contributed by atoms with Gasteiger partial charge in [0.15, 0.2) is 5.69 Å². The van der Waals surface area contributed by atoms with Gasteiger partial charge in [0.1, 0.15) is 0 Å². The number of hydrogen-bond acceptors (Lipinski definition) is 8. The van der Waals surface area contributed by atoms with E-state index < -0.39 is 5.60 Å². The van der Waals surface area contributed by atoms with E-state index >= 15 is 0 Å². The molecule has 0 aliphatic carbocycles. The lowest BCUT2D eigenvalue weighted by molar-refractivity contribution is -0.0386. The summed E-state index contributed by atoms with van der Waals surface area (Å²) in [5.74, 6) is 0.465. The minimum atomic E-state index is -0.870. The predicted octanol–water partition coefficient (Wildman–Crippen LogP) is 0.181. The summed E-state index contributed by atoms with van der Waals surface area (Å²) in [7, 11) is 1.61.